The van der Waals surface area contributed by atoms with Crippen LogP contribution in [0.3, 0.4) is 0 Å². The van der Waals surface area contributed by atoms with Crippen molar-refractivity contribution >= 4 is 21.4 Å². The molecule has 0 saturated carbocycles. The Bertz CT molecular complexity index is 727. The van der Waals surface area contributed by atoms with E-state index in [4.69, 9.17) is 5.84 Å². The lowest BCUT2D eigenvalue weighted by Crippen LogP contribution is -2.18. The molecule has 0 aromatic heterocycles. The highest BCUT2D eigenvalue weighted by atomic mass is 32.2. The van der Waals surface area contributed by atoms with E-state index in [0.717, 1.165) is 11.1 Å². The minimum absolute atomic E-state index is 0.114. The first-order valence-corrected chi connectivity index (χ1v) is 7.58. The van der Waals surface area contributed by atoms with E-state index < -0.39 is 10.0 Å². The van der Waals surface area contributed by atoms with E-state index in [1.54, 1.807) is 24.3 Å². The summed E-state index contributed by atoms with van der Waals surface area (Å²) in [6.07, 6.45) is 0. The van der Waals surface area contributed by atoms with Crippen LogP contribution in [0.5, 0.6) is 0 Å². The van der Waals surface area contributed by atoms with E-state index in [-0.39, 0.29) is 4.90 Å². The van der Waals surface area contributed by atoms with Crippen LogP contribution in [0.4, 0.5) is 11.4 Å². The molecule has 0 fully saturated rings. The largest absolute Gasteiger partial charge is 0.323 e. The second-order valence-corrected chi connectivity index (χ2v) is 6.14. The predicted octanol–water partition coefficient (Wildman–Crippen LogP) is 2.39. The Labute approximate surface area is 118 Å². The molecule has 0 unspecified atom stereocenters. The molecule has 106 valence electrons. The maximum atomic E-state index is 12.4. The van der Waals surface area contributed by atoms with Crippen LogP contribution >= 0.6 is 0 Å². The highest BCUT2D eigenvalue weighted by molar-refractivity contribution is 7.92. The molecule has 5 nitrogen and oxygen atoms in total. The number of rotatable bonds is 4. The number of hydrogen-bond acceptors (Lipinski definition) is 4. The van der Waals surface area contributed by atoms with Gasteiger partial charge in [0.1, 0.15) is 4.90 Å². The van der Waals surface area contributed by atoms with Gasteiger partial charge in [0.25, 0.3) is 10.0 Å². The Morgan fingerprint density at radius 2 is 1.60 bits per heavy atom. The third-order valence-corrected chi connectivity index (χ3v) is 4.60. The normalized spacial score (nSPS) is 11.2. The van der Waals surface area contributed by atoms with Crippen molar-refractivity contribution in [2.24, 2.45) is 5.84 Å². The summed E-state index contributed by atoms with van der Waals surface area (Å²) in [6.45, 7) is 3.81. The number of sulfonamides is 1. The molecule has 0 heterocycles. The monoisotopic (exact) mass is 291 g/mol. The molecular weight excluding hydrogens is 274 g/mol. The lowest BCUT2D eigenvalue weighted by atomic mass is 10.1. The average molecular weight is 291 g/mol. The van der Waals surface area contributed by atoms with Crippen molar-refractivity contribution in [3.05, 3.63) is 53.6 Å². The first-order chi connectivity index (χ1) is 9.45. The van der Waals surface area contributed by atoms with E-state index in [9.17, 15) is 8.42 Å². The lowest BCUT2D eigenvalue weighted by molar-refractivity contribution is 0.601. The van der Waals surface area contributed by atoms with Gasteiger partial charge in [-0.15, -0.1) is 0 Å². The van der Waals surface area contributed by atoms with E-state index in [0.29, 0.717) is 11.4 Å². The van der Waals surface area contributed by atoms with E-state index in [2.05, 4.69) is 10.1 Å². The molecule has 0 spiro atoms. The Hall–Kier alpha value is -2.05. The quantitative estimate of drug-likeness (QED) is 0.596. The standard InChI is InChI=1S/C14H17N3O2S/c1-10-6-5-8-12(11(10)2)17-20(18,19)14-9-4-3-7-13(14)16-15/h3-9,16-17H,15H2,1-2H3. The maximum Gasteiger partial charge on any atom is 0.264 e. The van der Waals surface area contributed by atoms with Crippen LogP contribution in [0.2, 0.25) is 0 Å². The molecule has 20 heavy (non-hydrogen) atoms. The van der Waals surface area contributed by atoms with Gasteiger partial charge in [-0.25, -0.2) is 8.42 Å². The summed E-state index contributed by atoms with van der Waals surface area (Å²) in [6, 6.07) is 12.0. The lowest BCUT2D eigenvalue weighted by Gasteiger charge is -2.14. The Kier molecular flexibility index (Phi) is 3.96. The van der Waals surface area contributed by atoms with Gasteiger partial charge in [0.2, 0.25) is 0 Å². The van der Waals surface area contributed by atoms with Crippen LogP contribution in [-0.2, 0) is 10.0 Å². The van der Waals surface area contributed by atoms with Gasteiger partial charge in [-0.2, -0.15) is 0 Å². The minimum Gasteiger partial charge on any atom is -0.323 e. The van der Waals surface area contributed by atoms with Crippen LogP contribution in [0.25, 0.3) is 0 Å². The Morgan fingerprint density at radius 1 is 0.950 bits per heavy atom. The molecular formula is C14H17N3O2S. The summed E-state index contributed by atoms with van der Waals surface area (Å²) < 4.78 is 27.5. The van der Waals surface area contributed by atoms with Crippen LogP contribution in [0.1, 0.15) is 11.1 Å². The zero-order valence-electron chi connectivity index (χ0n) is 11.3. The second-order valence-electron chi connectivity index (χ2n) is 4.49. The van der Waals surface area contributed by atoms with Crippen molar-refractivity contribution < 1.29 is 8.42 Å². The summed E-state index contributed by atoms with van der Waals surface area (Å²) in [7, 11) is -3.69. The fraction of sp³-hybridized carbons (Fsp3) is 0.143. The third-order valence-electron chi connectivity index (χ3n) is 3.18. The molecule has 0 bridgehead atoms. The van der Waals surface area contributed by atoms with Crippen LogP contribution in [-0.4, -0.2) is 8.42 Å². The molecule has 4 N–H and O–H groups in total. The van der Waals surface area contributed by atoms with Gasteiger partial charge in [-0.1, -0.05) is 24.3 Å². The summed E-state index contributed by atoms with van der Waals surface area (Å²) in [5, 5.41) is 0. The summed E-state index contributed by atoms with van der Waals surface area (Å²) in [5.74, 6) is 5.35. The molecule has 0 saturated heterocycles. The highest BCUT2D eigenvalue weighted by Gasteiger charge is 2.18. The zero-order valence-corrected chi connectivity index (χ0v) is 12.2. The zero-order chi connectivity index (χ0) is 14.8. The van der Waals surface area contributed by atoms with Gasteiger partial charge >= 0.3 is 0 Å². The van der Waals surface area contributed by atoms with Crippen molar-refractivity contribution in [3.63, 3.8) is 0 Å². The van der Waals surface area contributed by atoms with Crippen molar-refractivity contribution in [3.8, 4) is 0 Å². The SMILES string of the molecule is Cc1cccc(NS(=O)(=O)c2ccccc2NN)c1C. The predicted molar refractivity (Wildman–Crippen MR) is 81.0 cm³/mol. The first-order valence-electron chi connectivity index (χ1n) is 6.10. The molecule has 0 amide bonds. The van der Waals surface area contributed by atoms with Gasteiger partial charge in [0.05, 0.1) is 11.4 Å². The summed E-state index contributed by atoms with van der Waals surface area (Å²) in [4.78, 5) is 0.114. The third kappa shape index (κ3) is 2.76. The number of benzene rings is 2. The molecule has 2 aromatic carbocycles. The van der Waals surface area contributed by atoms with Gasteiger partial charge in [-0.3, -0.25) is 10.6 Å². The number of aryl methyl sites for hydroxylation is 1. The average Bonchev–Trinajstić information content (AvgIpc) is 2.43. The maximum absolute atomic E-state index is 12.4. The number of nitrogens with one attached hydrogen (secondary N) is 2. The molecule has 0 aliphatic heterocycles. The van der Waals surface area contributed by atoms with Crippen molar-refractivity contribution in [1.29, 1.82) is 0 Å². The number of nitrogen functional groups attached to an aromatic ring is 1. The van der Waals surface area contributed by atoms with Crippen molar-refractivity contribution in [2.45, 2.75) is 18.7 Å². The van der Waals surface area contributed by atoms with E-state index in [1.807, 2.05) is 26.0 Å². The van der Waals surface area contributed by atoms with E-state index in [1.165, 1.54) is 6.07 Å². The fourth-order valence-corrected chi connectivity index (χ4v) is 3.18. The Morgan fingerprint density at radius 3 is 2.30 bits per heavy atom. The number of nitrogens with two attached hydrogens (primary N) is 1. The van der Waals surface area contributed by atoms with Gasteiger partial charge in [-0.05, 0) is 43.2 Å². The molecule has 2 aromatic rings. The molecule has 0 aliphatic rings. The highest BCUT2D eigenvalue weighted by Crippen LogP contribution is 2.25. The molecule has 2 rings (SSSR count). The minimum atomic E-state index is -3.69. The fourth-order valence-electron chi connectivity index (χ4n) is 1.88. The molecule has 0 aliphatic carbocycles. The number of para-hydroxylation sites is 1. The molecule has 0 atom stereocenters. The summed E-state index contributed by atoms with van der Waals surface area (Å²) in [5.41, 5.74) is 5.23. The first kappa shape index (κ1) is 14.4. The molecule has 0 radical (unpaired) electrons. The van der Waals surface area contributed by atoms with Crippen LogP contribution in [0.15, 0.2) is 47.4 Å². The summed E-state index contributed by atoms with van der Waals surface area (Å²) >= 11 is 0. The van der Waals surface area contributed by atoms with E-state index >= 15 is 0 Å². The van der Waals surface area contributed by atoms with Gasteiger partial charge in [0.15, 0.2) is 0 Å². The molecule has 6 heteroatoms. The topological polar surface area (TPSA) is 84.2 Å². The van der Waals surface area contributed by atoms with Crippen molar-refractivity contribution in [1.82, 2.24) is 0 Å². The second kappa shape index (κ2) is 5.52. The number of hydrogen-bond donors (Lipinski definition) is 3. The van der Waals surface area contributed by atoms with Crippen LogP contribution in [0, 0.1) is 13.8 Å². The number of hydrazine groups is 1. The van der Waals surface area contributed by atoms with Gasteiger partial charge < -0.3 is 5.43 Å². The number of anilines is 2. The Balaban J connectivity index is 2.44. The van der Waals surface area contributed by atoms with Gasteiger partial charge in [0, 0.05) is 0 Å². The smallest absolute Gasteiger partial charge is 0.264 e. The van der Waals surface area contributed by atoms with Crippen molar-refractivity contribution in [2.75, 3.05) is 10.1 Å². The van der Waals surface area contributed by atoms with Crippen LogP contribution < -0.4 is 16.0 Å².